The van der Waals surface area contributed by atoms with Crippen molar-refractivity contribution in [3.05, 3.63) is 72.6 Å². The number of para-hydroxylation sites is 2. The van der Waals surface area contributed by atoms with Gasteiger partial charge in [0.15, 0.2) is 5.75 Å². The van der Waals surface area contributed by atoms with E-state index in [1.165, 1.54) is 0 Å². The van der Waals surface area contributed by atoms with Gasteiger partial charge in [-0.2, -0.15) is 0 Å². The zero-order valence-electron chi connectivity index (χ0n) is 18.3. The third kappa shape index (κ3) is 4.37. The number of fused-ring (bicyclic) bond motifs is 2. The Labute approximate surface area is 192 Å². The molecule has 8 heteroatoms. The number of carbonyl (C=O) groups is 2. The summed E-state index contributed by atoms with van der Waals surface area (Å²) in [6, 6.07) is 16.7. The van der Waals surface area contributed by atoms with E-state index in [0.717, 1.165) is 18.9 Å². The van der Waals surface area contributed by atoms with Crippen molar-refractivity contribution in [2.75, 3.05) is 42.5 Å². The molecular weight excluding hydrogens is 418 g/mol. The minimum atomic E-state index is -0.167. The molecule has 0 unspecified atom stereocenters. The van der Waals surface area contributed by atoms with Gasteiger partial charge in [-0.05, 0) is 42.8 Å². The third-order valence-corrected chi connectivity index (χ3v) is 5.99. The lowest BCUT2D eigenvalue weighted by Crippen LogP contribution is -2.49. The Morgan fingerprint density at radius 2 is 1.70 bits per heavy atom. The highest BCUT2D eigenvalue weighted by atomic mass is 16.5. The van der Waals surface area contributed by atoms with E-state index in [9.17, 15) is 9.59 Å². The number of hydrogen-bond acceptors (Lipinski definition) is 6. The van der Waals surface area contributed by atoms with Crippen LogP contribution >= 0.6 is 0 Å². The Morgan fingerprint density at radius 1 is 0.909 bits per heavy atom. The van der Waals surface area contributed by atoms with Crippen LogP contribution in [0.4, 0.5) is 11.5 Å². The van der Waals surface area contributed by atoms with Gasteiger partial charge >= 0.3 is 0 Å². The fourth-order valence-corrected chi connectivity index (χ4v) is 4.25. The minimum Gasteiger partial charge on any atom is -0.436 e. The largest absolute Gasteiger partial charge is 0.436 e. The third-order valence-electron chi connectivity index (χ3n) is 5.99. The summed E-state index contributed by atoms with van der Waals surface area (Å²) < 4.78 is 5.91. The molecule has 168 valence electrons. The van der Waals surface area contributed by atoms with Crippen LogP contribution in [0.1, 0.15) is 23.2 Å². The zero-order valence-corrected chi connectivity index (χ0v) is 18.3. The van der Waals surface area contributed by atoms with Crippen LogP contribution in [0.3, 0.4) is 0 Å². The summed E-state index contributed by atoms with van der Waals surface area (Å²) in [5.74, 6) is 1.78. The van der Waals surface area contributed by atoms with Gasteiger partial charge < -0.3 is 19.4 Å². The smallest absolute Gasteiger partial charge is 0.263 e. The maximum Gasteiger partial charge on any atom is 0.263 e. The summed E-state index contributed by atoms with van der Waals surface area (Å²) in [5, 5.41) is 0. The topological polar surface area (TPSA) is 78.9 Å². The molecule has 3 aromatic rings. The summed E-state index contributed by atoms with van der Waals surface area (Å²) in [6.07, 6.45) is 4.34. The van der Waals surface area contributed by atoms with Crippen LogP contribution in [-0.2, 0) is 4.79 Å². The highest BCUT2D eigenvalue weighted by Gasteiger charge is 2.29. The summed E-state index contributed by atoms with van der Waals surface area (Å²) in [4.78, 5) is 40.5. The molecule has 4 heterocycles. The lowest BCUT2D eigenvalue weighted by atomic mass is 10.1. The fraction of sp³-hybridized carbons (Fsp3) is 0.280. The Balaban J connectivity index is 1.21. The number of piperazine rings is 1. The normalized spacial score (nSPS) is 15.4. The first-order valence-electron chi connectivity index (χ1n) is 11.2. The standard InChI is InChI=1S/C25H25N5O3/c31-23(29-17-15-28(16-18-29)22-10-3-4-12-26-22)11-6-14-30-20-8-1-2-9-21(20)33-24-19(25(30)32)7-5-13-27-24/h1-5,7-10,12-13H,6,11,14-18H2. The lowest BCUT2D eigenvalue weighted by Gasteiger charge is -2.35. The Kier molecular flexibility index (Phi) is 5.89. The van der Waals surface area contributed by atoms with Crippen molar-refractivity contribution in [2.45, 2.75) is 12.8 Å². The van der Waals surface area contributed by atoms with E-state index in [4.69, 9.17) is 4.74 Å². The molecule has 5 rings (SSSR count). The average molecular weight is 444 g/mol. The van der Waals surface area contributed by atoms with Crippen molar-refractivity contribution in [1.29, 1.82) is 0 Å². The van der Waals surface area contributed by atoms with E-state index in [1.807, 2.05) is 47.4 Å². The highest BCUT2D eigenvalue weighted by Crippen LogP contribution is 2.37. The fourth-order valence-electron chi connectivity index (χ4n) is 4.25. The second-order valence-corrected chi connectivity index (χ2v) is 8.04. The predicted molar refractivity (Wildman–Crippen MR) is 125 cm³/mol. The second-order valence-electron chi connectivity index (χ2n) is 8.04. The van der Waals surface area contributed by atoms with Crippen LogP contribution in [0.15, 0.2) is 67.0 Å². The molecule has 0 bridgehead atoms. The molecule has 0 N–H and O–H groups in total. The lowest BCUT2D eigenvalue weighted by molar-refractivity contribution is -0.131. The van der Waals surface area contributed by atoms with Crippen molar-refractivity contribution in [3.8, 4) is 11.6 Å². The summed E-state index contributed by atoms with van der Waals surface area (Å²) >= 11 is 0. The molecule has 1 fully saturated rings. The van der Waals surface area contributed by atoms with E-state index in [1.54, 1.807) is 29.4 Å². The number of carbonyl (C=O) groups excluding carboxylic acids is 2. The SMILES string of the molecule is O=C(CCCN1C(=O)c2cccnc2Oc2ccccc21)N1CCN(c2ccccn2)CC1. The monoisotopic (exact) mass is 443 g/mol. The maximum atomic E-state index is 13.2. The van der Waals surface area contributed by atoms with Gasteiger partial charge in [-0.1, -0.05) is 18.2 Å². The molecule has 0 radical (unpaired) electrons. The first-order chi connectivity index (χ1) is 16.2. The number of benzene rings is 1. The Morgan fingerprint density at radius 3 is 2.52 bits per heavy atom. The maximum absolute atomic E-state index is 13.2. The second kappa shape index (κ2) is 9.28. The Bertz CT molecular complexity index is 1150. The number of hydrogen-bond donors (Lipinski definition) is 0. The van der Waals surface area contributed by atoms with Gasteiger partial charge in [-0.3, -0.25) is 9.59 Å². The molecule has 33 heavy (non-hydrogen) atoms. The molecular formula is C25H25N5O3. The van der Waals surface area contributed by atoms with Gasteiger partial charge in [-0.15, -0.1) is 0 Å². The number of aromatic nitrogens is 2. The van der Waals surface area contributed by atoms with Gasteiger partial charge in [0.1, 0.15) is 11.4 Å². The molecule has 1 saturated heterocycles. The highest BCUT2D eigenvalue weighted by molar-refractivity contribution is 6.09. The molecule has 0 saturated carbocycles. The first-order valence-corrected chi connectivity index (χ1v) is 11.2. The van der Waals surface area contributed by atoms with E-state index in [0.29, 0.717) is 55.4 Å². The average Bonchev–Trinajstić information content (AvgIpc) is 2.99. The van der Waals surface area contributed by atoms with E-state index >= 15 is 0 Å². The van der Waals surface area contributed by atoms with Crippen LogP contribution in [0.25, 0.3) is 0 Å². The summed E-state index contributed by atoms with van der Waals surface area (Å²) in [5.41, 5.74) is 1.11. The van der Waals surface area contributed by atoms with E-state index in [-0.39, 0.29) is 11.8 Å². The quantitative estimate of drug-likeness (QED) is 0.602. The number of nitrogens with zero attached hydrogens (tertiary/aromatic N) is 5. The van der Waals surface area contributed by atoms with Crippen molar-refractivity contribution < 1.29 is 14.3 Å². The molecule has 0 aliphatic carbocycles. The van der Waals surface area contributed by atoms with Crippen LogP contribution < -0.4 is 14.5 Å². The van der Waals surface area contributed by atoms with Crippen molar-refractivity contribution >= 4 is 23.3 Å². The molecule has 2 aliphatic heterocycles. The van der Waals surface area contributed by atoms with Gasteiger partial charge in [0.05, 0.1) is 5.69 Å². The number of pyridine rings is 2. The van der Waals surface area contributed by atoms with Gasteiger partial charge in [0.2, 0.25) is 11.8 Å². The summed E-state index contributed by atoms with van der Waals surface area (Å²) in [7, 11) is 0. The molecule has 2 aliphatic rings. The molecule has 2 aromatic heterocycles. The number of anilines is 2. The zero-order chi connectivity index (χ0) is 22.6. The van der Waals surface area contributed by atoms with Crippen LogP contribution in [0.2, 0.25) is 0 Å². The first kappa shape index (κ1) is 20.9. The summed E-state index contributed by atoms with van der Waals surface area (Å²) in [6.45, 7) is 3.30. The van der Waals surface area contributed by atoms with Gasteiger partial charge in [0.25, 0.3) is 5.91 Å². The van der Waals surface area contributed by atoms with Crippen molar-refractivity contribution in [1.82, 2.24) is 14.9 Å². The molecule has 0 atom stereocenters. The van der Waals surface area contributed by atoms with Crippen LogP contribution in [0, 0.1) is 0 Å². The molecule has 1 aromatic carbocycles. The number of ether oxygens (including phenoxy) is 1. The number of amides is 2. The minimum absolute atomic E-state index is 0.115. The Hall–Kier alpha value is -3.94. The van der Waals surface area contributed by atoms with E-state index < -0.39 is 0 Å². The molecule has 0 spiro atoms. The van der Waals surface area contributed by atoms with Crippen LogP contribution in [-0.4, -0.2) is 59.4 Å². The molecule has 8 nitrogen and oxygen atoms in total. The van der Waals surface area contributed by atoms with Gasteiger partial charge in [-0.25, -0.2) is 9.97 Å². The number of rotatable bonds is 5. The van der Waals surface area contributed by atoms with Crippen molar-refractivity contribution in [3.63, 3.8) is 0 Å². The van der Waals surface area contributed by atoms with Crippen molar-refractivity contribution in [2.24, 2.45) is 0 Å². The molecule has 2 amide bonds. The van der Waals surface area contributed by atoms with Gasteiger partial charge in [0, 0.05) is 51.5 Å². The van der Waals surface area contributed by atoms with E-state index in [2.05, 4.69) is 14.9 Å². The predicted octanol–water partition coefficient (Wildman–Crippen LogP) is 3.36. The van der Waals surface area contributed by atoms with Crippen LogP contribution in [0.5, 0.6) is 11.6 Å².